The number of hydrogen-bond acceptors (Lipinski definition) is 9. The van der Waals surface area contributed by atoms with Gasteiger partial charge in [0.2, 0.25) is 0 Å². The largest absolute Gasteiger partial charge is 1.00 e. The van der Waals surface area contributed by atoms with Gasteiger partial charge in [0.25, 0.3) is 12.3 Å². The summed E-state index contributed by atoms with van der Waals surface area (Å²) in [4.78, 5) is 39.1. The Labute approximate surface area is 106 Å². The summed E-state index contributed by atoms with van der Waals surface area (Å²) in [7, 11) is 0. The van der Waals surface area contributed by atoms with Crippen LogP contribution in [0.1, 0.15) is 0 Å². The Morgan fingerprint density at radius 1 is 0.667 bits per heavy atom. The van der Waals surface area contributed by atoms with E-state index in [0.717, 1.165) is 0 Å². The molecule has 0 heterocycles. The third-order valence-electron chi connectivity index (χ3n) is 0.500. The van der Waals surface area contributed by atoms with E-state index >= 15 is 0 Å². The molecular weight excluding hydrogens is 206 g/mol. The third kappa shape index (κ3) is 12.9. The molecule has 0 aliphatic carbocycles. The average molecular weight is 206 g/mol. The van der Waals surface area contributed by atoms with E-state index in [1.54, 1.807) is 0 Å². The zero-order valence-corrected chi connectivity index (χ0v) is 7.67. The molecule has 15 heavy (non-hydrogen) atoms. The van der Waals surface area contributed by atoms with Gasteiger partial charge in [0.1, 0.15) is 0 Å². The topological polar surface area (TPSA) is 142 Å². The fourth-order valence-electron chi connectivity index (χ4n) is 0.246. The molecule has 0 aromatic carbocycles. The second-order valence-electron chi connectivity index (χ2n) is 1.31. The van der Waals surface area contributed by atoms with Crippen LogP contribution < -0.4 is 47.9 Å². The predicted molar refractivity (Wildman–Crippen MR) is 24.8 cm³/mol. The van der Waals surface area contributed by atoms with Crippen molar-refractivity contribution in [3.05, 3.63) is 0 Å². The molecule has 0 saturated heterocycles. The normalized spacial score (nSPS) is 7.20. The van der Waals surface area contributed by atoms with Crippen LogP contribution in [0.4, 0.5) is 19.2 Å². The Bertz CT molecular complexity index is 235. The first-order chi connectivity index (χ1) is 5.91. The quantitative estimate of drug-likeness (QED) is 0.214. The van der Waals surface area contributed by atoms with Crippen molar-refractivity contribution < 1.29 is 81.3 Å². The van der Waals surface area contributed by atoms with Crippen LogP contribution in [-0.2, 0) is 14.2 Å². The van der Waals surface area contributed by atoms with Gasteiger partial charge in [0, 0.05) is 0 Å². The molecule has 0 rings (SSSR count). The van der Waals surface area contributed by atoms with E-state index in [2.05, 4.69) is 14.2 Å². The molecule has 0 aromatic heterocycles. The molecule has 0 unspecified atom stereocenters. The zero-order valence-electron chi connectivity index (χ0n) is 7.67. The van der Waals surface area contributed by atoms with Crippen LogP contribution >= 0.6 is 0 Å². The van der Waals surface area contributed by atoms with Crippen LogP contribution in [0.3, 0.4) is 0 Å². The van der Waals surface area contributed by atoms with Gasteiger partial charge in [-0.05, 0) is 0 Å². The summed E-state index contributed by atoms with van der Waals surface area (Å²) in [6.45, 7) is 0. The van der Waals surface area contributed by atoms with Crippen LogP contribution in [0.5, 0.6) is 0 Å². The summed E-state index contributed by atoms with van der Waals surface area (Å²) < 4.78 is 9.57. The van der Waals surface area contributed by atoms with Gasteiger partial charge in [-0.1, -0.05) is 0 Å². The number of rotatable bonds is 0. The maximum absolute atomic E-state index is 10.1. The van der Waals surface area contributed by atoms with Gasteiger partial charge in [-0.25, -0.2) is 9.59 Å². The standard InChI is InChI=1S/C4H2O9.2Li/c5-1(6)11-3(9)13-4(10)12-2(7)8;;/h(H,5,6)(H,7,8);;/q;2*+1/p-2. The summed E-state index contributed by atoms with van der Waals surface area (Å²) in [5.74, 6) is 0. The van der Waals surface area contributed by atoms with Gasteiger partial charge >= 0.3 is 50.0 Å². The van der Waals surface area contributed by atoms with E-state index in [1.165, 1.54) is 0 Å². The van der Waals surface area contributed by atoms with E-state index in [1.807, 2.05) is 0 Å². The van der Waals surface area contributed by atoms with E-state index in [0.29, 0.717) is 0 Å². The minimum Gasteiger partial charge on any atom is -0.452 e. The first kappa shape index (κ1) is 19.4. The van der Waals surface area contributed by atoms with Crippen LogP contribution in [0.15, 0.2) is 0 Å². The van der Waals surface area contributed by atoms with Crippen LogP contribution in [0, 0.1) is 0 Å². The van der Waals surface area contributed by atoms with Crippen molar-refractivity contribution >= 4 is 24.6 Å². The van der Waals surface area contributed by atoms with Gasteiger partial charge in [0.05, 0.1) is 0 Å². The molecule has 0 aromatic rings. The summed E-state index contributed by atoms with van der Waals surface area (Å²) >= 11 is 0. The first-order valence-electron chi connectivity index (χ1n) is 2.45. The van der Waals surface area contributed by atoms with Crippen molar-refractivity contribution in [3.8, 4) is 0 Å². The predicted octanol–water partition coefficient (Wildman–Crippen LogP) is -8.03. The number of carbonyl (C=O) groups is 4. The Hall–Kier alpha value is -1.13. The Balaban J connectivity index is -0.000000720. The molecule has 0 N–H and O–H groups in total. The molecule has 11 heteroatoms. The molecule has 0 aliphatic rings. The van der Waals surface area contributed by atoms with Crippen LogP contribution in [0.25, 0.3) is 0 Å². The number of carboxylic acid groups (broad SMARTS) is 2. The summed E-state index contributed by atoms with van der Waals surface area (Å²) in [5, 5.41) is 19.0. The third-order valence-corrected chi connectivity index (χ3v) is 0.500. The summed E-state index contributed by atoms with van der Waals surface area (Å²) in [5.41, 5.74) is 0. The van der Waals surface area contributed by atoms with Gasteiger partial charge in [-0.15, -0.1) is 0 Å². The monoisotopic (exact) mass is 206 g/mol. The number of hydrogen-bond donors (Lipinski definition) is 0. The zero-order chi connectivity index (χ0) is 10.4. The molecule has 0 spiro atoms. The summed E-state index contributed by atoms with van der Waals surface area (Å²) in [6.07, 6.45) is -8.53. The van der Waals surface area contributed by atoms with E-state index in [4.69, 9.17) is 0 Å². The number of carbonyl (C=O) groups excluding carboxylic acids is 4. The first-order valence-corrected chi connectivity index (χ1v) is 2.45. The van der Waals surface area contributed by atoms with E-state index < -0.39 is 24.6 Å². The average Bonchev–Trinajstić information content (AvgIpc) is 1.80. The summed E-state index contributed by atoms with van der Waals surface area (Å²) in [6, 6.07) is 0. The smallest absolute Gasteiger partial charge is 0.452 e. The van der Waals surface area contributed by atoms with Crippen molar-refractivity contribution in [2.75, 3.05) is 0 Å². The molecule has 72 valence electrons. The Morgan fingerprint density at radius 3 is 1.13 bits per heavy atom. The Kier molecular flexibility index (Phi) is 12.2. The molecule has 0 fully saturated rings. The van der Waals surface area contributed by atoms with Gasteiger partial charge in [-0.2, -0.15) is 0 Å². The maximum atomic E-state index is 10.1. The minimum atomic E-state index is -2.27. The van der Waals surface area contributed by atoms with Gasteiger partial charge in [0.15, 0.2) is 0 Å². The molecule has 0 aliphatic heterocycles. The van der Waals surface area contributed by atoms with Crippen molar-refractivity contribution in [2.24, 2.45) is 0 Å². The molecule has 0 radical (unpaired) electrons. The van der Waals surface area contributed by atoms with Crippen LogP contribution in [0.2, 0.25) is 0 Å². The van der Waals surface area contributed by atoms with E-state index in [-0.39, 0.29) is 37.7 Å². The van der Waals surface area contributed by atoms with Gasteiger partial charge in [-0.3, -0.25) is 0 Å². The molecule has 0 saturated carbocycles. The fraction of sp³-hybridized carbons (Fsp3) is 0. The number of ether oxygens (including phenoxy) is 3. The maximum Gasteiger partial charge on any atom is 1.00 e. The van der Waals surface area contributed by atoms with Crippen molar-refractivity contribution in [1.82, 2.24) is 0 Å². The SMILES string of the molecule is O=C([O-])OC(=O)OC(=O)OC(=O)[O-].[Li+].[Li+]. The fourth-order valence-corrected chi connectivity index (χ4v) is 0.246. The van der Waals surface area contributed by atoms with E-state index in [9.17, 15) is 29.4 Å². The molecule has 0 bridgehead atoms. The van der Waals surface area contributed by atoms with Gasteiger partial charge < -0.3 is 34.0 Å². The molecule has 0 amide bonds. The van der Waals surface area contributed by atoms with Crippen molar-refractivity contribution in [2.45, 2.75) is 0 Å². The second-order valence-corrected chi connectivity index (χ2v) is 1.31. The minimum absolute atomic E-state index is 0. The van der Waals surface area contributed by atoms with Crippen molar-refractivity contribution in [3.63, 3.8) is 0 Å². The molecular formula is C4Li2O9. The molecule has 9 nitrogen and oxygen atoms in total. The van der Waals surface area contributed by atoms with Crippen LogP contribution in [-0.4, -0.2) is 24.6 Å². The molecule has 0 atom stereocenters. The Morgan fingerprint density at radius 2 is 0.933 bits per heavy atom. The second kappa shape index (κ2) is 9.43. The van der Waals surface area contributed by atoms with Crippen molar-refractivity contribution in [1.29, 1.82) is 0 Å².